The fourth-order valence-electron chi connectivity index (χ4n) is 2.29. The maximum absolute atomic E-state index is 11.7. The van der Waals surface area contributed by atoms with Crippen molar-refractivity contribution in [3.63, 3.8) is 0 Å². The van der Waals surface area contributed by atoms with Crippen LogP contribution in [0.5, 0.6) is 0 Å². The first-order valence-corrected chi connectivity index (χ1v) is 7.05. The van der Waals surface area contributed by atoms with Crippen molar-refractivity contribution in [3.8, 4) is 0 Å². The van der Waals surface area contributed by atoms with Crippen LogP contribution in [0.3, 0.4) is 0 Å². The van der Waals surface area contributed by atoms with Crippen molar-refractivity contribution in [2.75, 3.05) is 5.32 Å². The number of hydrogen-bond acceptors (Lipinski definition) is 3. The van der Waals surface area contributed by atoms with Crippen LogP contribution in [0.15, 0.2) is 54.6 Å². The zero-order valence-electron chi connectivity index (χ0n) is 11.7. The Morgan fingerprint density at radius 1 is 1.14 bits per heavy atom. The Labute approximate surface area is 123 Å². The van der Waals surface area contributed by atoms with E-state index in [0.29, 0.717) is 12.0 Å². The average Bonchev–Trinajstić information content (AvgIpc) is 3.24. The van der Waals surface area contributed by atoms with Crippen LogP contribution in [0.1, 0.15) is 23.5 Å². The van der Waals surface area contributed by atoms with Crippen LogP contribution in [-0.2, 0) is 11.3 Å². The van der Waals surface area contributed by atoms with Gasteiger partial charge in [-0.25, -0.2) is 4.79 Å². The molecule has 3 N–H and O–H groups in total. The summed E-state index contributed by atoms with van der Waals surface area (Å²) in [5.41, 5.74) is 8.74. The summed E-state index contributed by atoms with van der Waals surface area (Å²) in [4.78, 5) is 11.7. The van der Waals surface area contributed by atoms with Crippen molar-refractivity contribution in [2.24, 2.45) is 5.73 Å². The predicted octanol–water partition coefficient (Wildman–Crippen LogP) is 3.25. The third-order valence-electron chi connectivity index (χ3n) is 3.64. The molecule has 0 heterocycles. The van der Waals surface area contributed by atoms with E-state index in [1.54, 1.807) is 0 Å². The third-order valence-corrected chi connectivity index (χ3v) is 3.64. The van der Waals surface area contributed by atoms with E-state index in [-0.39, 0.29) is 6.61 Å². The molecule has 2 unspecified atom stereocenters. The van der Waals surface area contributed by atoms with Gasteiger partial charge in [-0.3, -0.25) is 5.32 Å². The van der Waals surface area contributed by atoms with Gasteiger partial charge in [0.05, 0.1) is 0 Å². The van der Waals surface area contributed by atoms with Gasteiger partial charge in [-0.1, -0.05) is 42.5 Å². The van der Waals surface area contributed by atoms with E-state index in [2.05, 4.69) is 5.32 Å². The predicted molar refractivity (Wildman–Crippen MR) is 82.0 cm³/mol. The van der Waals surface area contributed by atoms with Crippen LogP contribution in [0.4, 0.5) is 10.5 Å². The molecule has 4 nitrogen and oxygen atoms in total. The van der Waals surface area contributed by atoms with Crippen molar-refractivity contribution in [1.82, 2.24) is 0 Å². The van der Waals surface area contributed by atoms with Crippen LogP contribution in [-0.4, -0.2) is 12.1 Å². The van der Waals surface area contributed by atoms with Crippen molar-refractivity contribution >= 4 is 11.8 Å². The molecule has 0 aromatic heterocycles. The maximum atomic E-state index is 11.7. The summed E-state index contributed by atoms with van der Waals surface area (Å²) >= 11 is 0. The Morgan fingerprint density at radius 3 is 2.43 bits per heavy atom. The van der Waals surface area contributed by atoms with Gasteiger partial charge < -0.3 is 10.5 Å². The van der Waals surface area contributed by atoms with Crippen molar-refractivity contribution in [2.45, 2.75) is 25.0 Å². The summed E-state index contributed by atoms with van der Waals surface area (Å²) in [7, 11) is 0. The number of anilines is 1. The lowest BCUT2D eigenvalue weighted by Gasteiger charge is -2.08. The monoisotopic (exact) mass is 282 g/mol. The van der Waals surface area contributed by atoms with Gasteiger partial charge in [0.15, 0.2) is 0 Å². The first-order valence-electron chi connectivity index (χ1n) is 7.05. The summed E-state index contributed by atoms with van der Waals surface area (Å²) in [6.45, 7) is 0.266. The lowest BCUT2D eigenvalue weighted by Crippen LogP contribution is -2.13. The second-order valence-electron chi connectivity index (χ2n) is 5.31. The highest BCUT2D eigenvalue weighted by Gasteiger charge is 2.34. The van der Waals surface area contributed by atoms with Gasteiger partial charge in [-0.15, -0.1) is 0 Å². The number of nitrogens with one attached hydrogen (secondary N) is 1. The molecule has 0 bridgehead atoms. The third kappa shape index (κ3) is 3.61. The smallest absolute Gasteiger partial charge is 0.411 e. The summed E-state index contributed by atoms with van der Waals surface area (Å²) in [5, 5.41) is 2.72. The second kappa shape index (κ2) is 5.97. The quantitative estimate of drug-likeness (QED) is 0.904. The van der Waals surface area contributed by atoms with E-state index >= 15 is 0 Å². The van der Waals surface area contributed by atoms with E-state index in [1.807, 2.05) is 54.6 Å². The van der Waals surface area contributed by atoms with E-state index in [9.17, 15) is 4.79 Å². The van der Waals surface area contributed by atoms with E-state index in [1.165, 1.54) is 5.56 Å². The molecule has 0 spiro atoms. The molecular formula is C17H18N2O2. The molecule has 1 fully saturated rings. The van der Waals surface area contributed by atoms with Gasteiger partial charge in [-0.05, 0) is 29.7 Å². The molecule has 108 valence electrons. The molecule has 2 aromatic carbocycles. The maximum Gasteiger partial charge on any atom is 0.411 e. The summed E-state index contributed by atoms with van der Waals surface area (Å²) in [6, 6.07) is 17.7. The van der Waals surface area contributed by atoms with Gasteiger partial charge in [0.2, 0.25) is 0 Å². The molecule has 0 aliphatic heterocycles. The fourth-order valence-corrected chi connectivity index (χ4v) is 2.29. The number of carbonyl (C=O) groups is 1. The van der Waals surface area contributed by atoms with Gasteiger partial charge in [0, 0.05) is 17.6 Å². The first kappa shape index (κ1) is 13.6. The van der Waals surface area contributed by atoms with Crippen LogP contribution in [0.2, 0.25) is 0 Å². The minimum Gasteiger partial charge on any atom is -0.444 e. The summed E-state index contributed by atoms with van der Waals surface area (Å²) < 4.78 is 5.17. The van der Waals surface area contributed by atoms with E-state index in [0.717, 1.165) is 17.7 Å². The van der Waals surface area contributed by atoms with Crippen molar-refractivity contribution in [3.05, 3.63) is 65.7 Å². The fraction of sp³-hybridized carbons (Fsp3) is 0.235. The molecule has 1 saturated carbocycles. The van der Waals surface area contributed by atoms with Crippen LogP contribution in [0.25, 0.3) is 0 Å². The van der Waals surface area contributed by atoms with Gasteiger partial charge in [-0.2, -0.15) is 0 Å². The largest absolute Gasteiger partial charge is 0.444 e. The minimum atomic E-state index is -0.449. The Hall–Kier alpha value is -2.33. The van der Waals surface area contributed by atoms with Crippen LogP contribution >= 0.6 is 0 Å². The zero-order valence-corrected chi connectivity index (χ0v) is 11.7. The topological polar surface area (TPSA) is 64.3 Å². The molecular weight excluding hydrogens is 264 g/mol. The number of ether oxygens (including phenoxy) is 1. The Bertz CT molecular complexity index is 610. The van der Waals surface area contributed by atoms with Crippen molar-refractivity contribution < 1.29 is 9.53 Å². The number of rotatable bonds is 4. The molecule has 21 heavy (non-hydrogen) atoms. The Balaban J connectivity index is 1.50. The lowest BCUT2D eigenvalue weighted by atomic mass is 10.1. The number of benzene rings is 2. The average molecular weight is 282 g/mol. The minimum absolute atomic E-state index is 0.266. The van der Waals surface area contributed by atoms with Gasteiger partial charge in [0.25, 0.3) is 0 Å². The highest BCUT2D eigenvalue weighted by Crippen LogP contribution is 2.39. The molecule has 0 radical (unpaired) electrons. The molecule has 2 atom stereocenters. The van der Waals surface area contributed by atoms with Crippen LogP contribution in [0, 0.1) is 0 Å². The Kier molecular flexibility index (Phi) is 3.88. The normalized spacial score (nSPS) is 19.9. The van der Waals surface area contributed by atoms with Gasteiger partial charge in [0.1, 0.15) is 6.61 Å². The highest BCUT2D eigenvalue weighted by molar-refractivity contribution is 5.84. The molecule has 1 aliphatic rings. The highest BCUT2D eigenvalue weighted by atomic mass is 16.5. The SMILES string of the molecule is NC1CC1c1ccc(NC(=O)OCc2ccccc2)cc1. The molecule has 4 heteroatoms. The van der Waals surface area contributed by atoms with Gasteiger partial charge >= 0.3 is 6.09 Å². The van der Waals surface area contributed by atoms with Crippen molar-refractivity contribution in [1.29, 1.82) is 0 Å². The number of nitrogens with two attached hydrogens (primary N) is 1. The molecule has 3 rings (SSSR count). The molecule has 1 amide bonds. The summed E-state index contributed by atoms with van der Waals surface area (Å²) in [6.07, 6.45) is 0.598. The second-order valence-corrected chi connectivity index (χ2v) is 5.31. The summed E-state index contributed by atoms with van der Waals surface area (Å²) in [5.74, 6) is 0.476. The molecule has 2 aromatic rings. The van der Waals surface area contributed by atoms with E-state index in [4.69, 9.17) is 10.5 Å². The molecule has 1 aliphatic carbocycles. The zero-order chi connectivity index (χ0) is 14.7. The van der Waals surface area contributed by atoms with Crippen LogP contribution < -0.4 is 11.1 Å². The lowest BCUT2D eigenvalue weighted by molar-refractivity contribution is 0.155. The number of amides is 1. The number of carbonyl (C=O) groups excluding carboxylic acids is 1. The number of hydrogen-bond donors (Lipinski definition) is 2. The standard InChI is InChI=1S/C17H18N2O2/c18-16-10-15(16)13-6-8-14(9-7-13)19-17(20)21-11-12-4-2-1-3-5-12/h1-9,15-16H,10-11,18H2,(H,19,20). The first-order chi connectivity index (χ1) is 10.2. The van der Waals surface area contributed by atoms with E-state index < -0.39 is 6.09 Å². The Morgan fingerprint density at radius 2 is 1.81 bits per heavy atom. The molecule has 0 saturated heterocycles.